The van der Waals surface area contributed by atoms with Crippen LogP contribution in [-0.2, 0) is 22.9 Å². The lowest BCUT2D eigenvalue weighted by molar-refractivity contribution is 0.0696. The van der Waals surface area contributed by atoms with Gasteiger partial charge in [-0.1, -0.05) is 6.07 Å². The number of rotatable bonds is 4. The van der Waals surface area contributed by atoms with Gasteiger partial charge in [0.2, 0.25) is 0 Å². The van der Waals surface area contributed by atoms with Crippen molar-refractivity contribution in [3.8, 4) is 0 Å². The first-order chi connectivity index (χ1) is 8.35. The summed E-state index contributed by atoms with van der Waals surface area (Å²) >= 11 is 0. The molecule has 5 nitrogen and oxygen atoms in total. The summed E-state index contributed by atoms with van der Waals surface area (Å²) in [6.07, 6.45) is 1.22. The number of aromatic carboxylic acids is 1. The van der Waals surface area contributed by atoms with Gasteiger partial charge in [0.1, 0.15) is 9.84 Å². The van der Waals surface area contributed by atoms with Crippen LogP contribution in [0.4, 0.5) is 0 Å². The fourth-order valence-corrected chi connectivity index (χ4v) is 2.64. The maximum atomic E-state index is 11.1. The minimum absolute atomic E-state index is 0.132. The second-order valence-electron chi connectivity index (χ2n) is 4.63. The molecular formula is C12H15NO4S. The van der Waals surface area contributed by atoms with Gasteiger partial charge in [0, 0.05) is 25.9 Å². The second-order valence-corrected chi connectivity index (χ2v) is 6.89. The summed E-state index contributed by atoms with van der Waals surface area (Å²) in [5.41, 5.74) is 2.33. The van der Waals surface area contributed by atoms with Crippen molar-refractivity contribution in [1.29, 1.82) is 0 Å². The van der Waals surface area contributed by atoms with Gasteiger partial charge in [-0.25, -0.2) is 13.2 Å². The van der Waals surface area contributed by atoms with Crippen molar-refractivity contribution in [3.05, 3.63) is 34.9 Å². The van der Waals surface area contributed by atoms with Gasteiger partial charge in [-0.15, -0.1) is 0 Å². The molecule has 0 aromatic heterocycles. The van der Waals surface area contributed by atoms with Gasteiger partial charge in [-0.2, -0.15) is 0 Å². The SMILES string of the molecule is CS(=O)(=O)CCN1Cc2ccc(C(=O)O)cc2C1. The van der Waals surface area contributed by atoms with Crippen LogP contribution < -0.4 is 0 Å². The Morgan fingerprint density at radius 3 is 2.61 bits per heavy atom. The van der Waals surface area contributed by atoms with E-state index in [0.29, 0.717) is 19.6 Å². The Bertz CT molecular complexity index is 580. The second kappa shape index (κ2) is 4.70. The molecule has 1 aromatic rings. The lowest BCUT2D eigenvalue weighted by atomic mass is 10.1. The highest BCUT2D eigenvalue weighted by Gasteiger charge is 2.20. The minimum Gasteiger partial charge on any atom is -0.478 e. The first kappa shape index (κ1) is 13.0. The number of benzene rings is 1. The molecule has 18 heavy (non-hydrogen) atoms. The van der Waals surface area contributed by atoms with Crippen molar-refractivity contribution >= 4 is 15.8 Å². The maximum absolute atomic E-state index is 11.1. The Morgan fingerprint density at radius 2 is 2.00 bits per heavy atom. The topological polar surface area (TPSA) is 74.7 Å². The molecule has 1 aromatic carbocycles. The molecule has 98 valence electrons. The van der Waals surface area contributed by atoms with Crippen LogP contribution in [0.15, 0.2) is 18.2 Å². The highest BCUT2D eigenvalue weighted by Crippen LogP contribution is 2.23. The standard InChI is InChI=1S/C12H15NO4S/c1-18(16,17)5-4-13-7-10-3-2-9(12(14)15)6-11(10)8-13/h2-3,6H,4-5,7-8H2,1H3,(H,14,15). The molecule has 0 saturated heterocycles. The molecule has 0 fully saturated rings. The smallest absolute Gasteiger partial charge is 0.335 e. The van der Waals surface area contributed by atoms with Gasteiger partial charge < -0.3 is 5.11 Å². The molecule has 0 amide bonds. The molecule has 0 radical (unpaired) electrons. The molecular weight excluding hydrogens is 254 g/mol. The molecule has 0 bridgehead atoms. The molecule has 1 heterocycles. The average molecular weight is 269 g/mol. The van der Waals surface area contributed by atoms with E-state index in [0.717, 1.165) is 11.1 Å². The van der Waals surface area contributed by atoms with Crippen molar-refractivity contribution in [1.82, 2.24) is 4.90 Å². The van der Waals surface area contributed by atoms with E-state index < -0.39 is 15.8 Å². The fourth-order valence-electron chi connectivity index (χ4n) is 2.05. The number of nitrogens with zero attached hydrogens (tertiary/aromatic N) is 1. The molecule has 1 aliphatic heterocycles. The molecule has 0 unspecified atom stereocenters. The van der Waals surface area contributed by atoms with E-state index in [4.69, 9.17) is 5.11 Å². The predicted molar refractivity (Wildman–Crippen MR) is 67.2 cm³/mol. The number of hydrogen-bond donors (Lipinski definition) is 1. The Kier molecular flexibility index (Phi) is 3.41. The summed E-state index contributed by atoms with van der Waals surface area (Å²) in [7, 11) is -2.96. The summed E-state index contributed by atoms with van der Waals surface area (Å²) in [5.74, 6) is -0.806. The van der Waals surface area contributed by atoms with Crippen molar-refractivity contribution in [2.45, 2.75) is 13.1 Å². The number of sulfone groups is 1. The third kappa shape index (κ3) is 3.08. The Hall–Kier alpha value is -1.40. The van der Waals surface area contributed by atoms with Gasteiger partial charge >= 0.3 is 5.97 Å². The van der Waals surface area contributed by atoms with Crippen LogP contribution in [-0.4, -0.2) is 42.9 Å². The van der Waals surface area contributed by atoms with E-state index in [2.05, 4.69) is 0 Å². The molecule has 0 aliphatic carbocycles. The van der Waals surface area contributed by atoms with E-state index in [1.54, 1.807) is 18.2 Å². The number of carboxylic acids is 1. The van der Waals surface area contributed by atoms with Crippen LogP contribution in [0, 0.1) is 0 Å². The highest BCUT2D eigenvalue weighted by molar-refractivity contribution is 7.90. The largest absolute Gasteiger partial charge is 0.478 e. The predicted octanol–water partition coefficient (Wildman–Crippen LogP) is 0.745. The molecule has 0 atom stereocenters. The van der Waals surface area contributed by atoms with E-state index in [-0.39, 0.29) is 11.3 Å². The van der Waals surface area contributed by atoms with Gasteiger partial charge in [0.05, 0.1) is 11.3 Å². The molecule has 0 spiro atoms. The van der Waals surface area contributed by atoms with E-state index in [9.17, 15) is 13.2 Å². The lowest BCUT2D eigenvalue weighted by Crippen LogP contribution is -2.24. The van der Waals surface area contributed by atoms with E-state index >= 15 is 0 Å². The third-order valence-corrected chi connectivity index (χ3v) is 3.94. The zero-order chi connectivity index (χ0) is 13.3. The number of carbonyl (C=O) groups is 1. The Balaban J connectivity index is 2.06. The van der Waals surface area contributed by atoms with E-state index in [1.807, 2.05) is 4.90 Å². The average Bonchev–Trinajstić information content (AvgIpc) is 2.66. The van der Waals surface area contributed by atoms with Crippen molar-refractivity contribution < 1.29 is 18.3 Å². The number of fused-ring (bicyclic) bond motifs is 1. The maximum Gasteiger partial charge on any atom is 0.335 e. The number of hydrogen-bond acceptors (Lipinski definition) is 4. The van der Waals surface area contributed by atoms with E-state index in [1.165, 1.54) is 6.26 Å². The summed E-state index contributed by atoms with van der Waals surface area (Å²) < 4.78 is 22.2. The van der Waals surface area contributed by atoms with Gasteiger partial charge in [0.25, 0.3) is 0 Å². The van der Waals surface area contributed by atoms with Crippen LogP contribution in [0.2, 0.25) is 0 Å². The van der Waals surface area contributed by atoms with Gasteiger partial charge in [0.15, 0.2) is 0 Å². The van der Waals surface area contributed by atoms with Crippen LogP contribution >= 0.6 is 0 Å². The minimum atomic E-state index is -2.96. The summed E-state index contributed by atoms with van der Waals surface area (Å²) in [5, 5.41) is 8.90. The van der Waals surface area contributed by atoms with Crippen LogP contribution in [0.25, 0.3) is 0 Å². The molecule has 0 saturated carbocycles. The van der Waals surface area contributed by atoms with Crippen molar-refractivity contribution in [2.24, 2.45) is 0 Å². The monoisotopic (exact) mass is 269 g/mol. The zero-order valence-electron chi connectivity index (χ0n) is 10.1. The fraction of sp³-hybridized carbons (Fsp3) is 0.417. The van der Waals surface area contributed by atoms with Crippen LogP contribution in [0.3, 0.4) is 0 Å². The van der Waals surface area contributed by atoms with Gasteiger partial charge in [-0.05, 0) is 23.3 Å². The van der Waals surface area contributed by atoms with Crippen molar-refractivity contribution in [3.63, 3.8) is 0 Å². The first-order valence-electron chi connectivity index (χ1n) is 5.60. The lowest BCUT2D eigenvalue weighted by Gasteiger charge is -2.13. The summed E-state index contributed by atoms with van der Waals surface area (Å²) in [6.45, 7) is 1.78. The highest BCUT2D eigenvalue weighted by atomic mass is 32.2. The van der Waals surface area contributed by atoms with Crippen molar-refractivity contribution in [2.75, 3.05) is 18.6 Å². The summed E-state index contributed by atoms with van der Waals surface area (Å²) in [6, 6.07) is 5.05. The van der Waals surface area contributed by atoms with Crippen LogP contribution in [0.5, 0.6) is 0 Å². The third-order valence-electron chi connectivity index (χ3n) is 3.02. The Morgan fingerprint density at radius 1 is 1.33 bits per heavy atom. The first-order valence-corrected chi connectivity index (χ1v) is 7.66. The zero-order valence-corrected chi connectivity index (χ0v) is 10.9. The summed E-state index contributed by atoms with van der Waals surface area (Å²) in [4.78, 5) is 12.9. The Labute approximate surface area is 106 Å². The quantitative estimate of drug-likeness (QED) is 0.873. The molecule has 1 N–H and O–H groups in total. The number of carboxylic acid groups (broad SMARTS) is 1. The molecule has 6 heteroatoms. The normalized spacial score (nSPS) is 15.6. The molecule has 1 aliphatic rings. The molecule has 2 rings (SSSR count). The van der Waals surface area contributed by atoms with Crippen LogP contribution in [0.1, 0.15) is 21.5 Å². The van der Waals surface area contributed by atoms with Gasteiger partial charge in [-0.3, -0.25) is 4.90 Å².